The second-order valence-electron chi connectivity index (χ2n) is 3.45. The van der Waals surface area contributed by atoms with E-state index in [1.165, 1.54) is 6.66 Å². The lowest BCUT2D eigenvalue weighted by Crippen LogP contribution is -2.25. The van der Waals surface area contributed by atoms with Crippen LogP contribution in [0.1, 0.15) is 5.56 Å². The molecule has 1 aromatic carbocycles. The van der Waals surface area contributed by atoms with E-state index in [0.717, 1.165) is 5.56 Å². The topological polar surface area (TPSA) is 75.6 Å². The van der Waals surface area contributed by atoms with Gasteiger partial charge < -0.3 is 14.9 Å². The molecule has 0 aliphatic heterocycles. The van der Waals surface area contributed by atoms with Gasteiger partial charge in [0.1, 0.15) is 6.61 Å². The maximum atomic E-state index is 11.1. The van der Waals surface area contributed by atoms with Gasteiger partial charge in [-0.3, -0.25) is 4.57 Å². The molecule has 0 aromatic heterocycles. The zero-order chi connectivity index (χ0) is 12.0. The van der Waals surface area contributed by atoms with Crippen LogP contribution in [0.15, 0.2) is 30.3 Å². The lowest BCUT2D eigenvalue weighted by molar-refractivity contribution is 0.141. The summed E-state index contributed by atoms with van der Waals surface area (Å²) in [6.45, 7) is 1.32. The van der Waals surface area contributed by atoms with Crippen LogP contribution in [0.25, 0.3) is 0 Å². The molecule has 0 spiro atoms. The fourth-order valence-corrected chi connectivity index (χ4v) is 1.41. The van der Waals surface area contributed by atoms with E-state index in [4.69, 9.17) is 9.63 Å². The molecule has 0 fully saturated rings. The molecule has 6 heteroatoms. The third kappa shape index (κ3) is 5.53. The smallest absolute Gasteiger partial charge is 0.407 e. The molecule has 16 heavy (non-hydrogen) atoms. The van der Waals surface area contributed by atoms with Crippen LogP contribution in [-0.4, -0.2) is 23.9 Å². The van der Waals surface area contributed by atoms with E-state index in [1.807, 2.05) is 30.3 Å². The summed E-state index contributed by atoms with van der Waals surface area (Å²) in [4.78, 5) is 20.0. The molecular formula is C10H14NO4P. The van der Waals surface area contributed by atoms with Gasteiger partial charge in [0.15, 0.2) is 0 Å². The van der Waals surface area contributed by atoms with Crippen molar-refractivity contribution in [3.05, 3.63) is 35.9 Å². The van der Waals surface area contributed by atoms with Gasteiger partial charge in [-0.05, 0) is 5.56 Å². The summed E-state index contributed by atoms with van der Waals surface area (Å²) >= 11 is 0. The molecule has 1 rings (SSSR count). The molecule has 88 valence electrons. The normalized spacial score (nSPS) is 13.9. The van der Waals surface area contributed by atoms with E-state index in [2.05, 4.69) is 5.32 Å². The van der Waals surface area contributed by atoms with Gasteiger partial charge in [0.25, 0.3) is 0 Å². The Morgan fingerprint density at radius 1 is 1.44 bits per heavy atom. The maximum absolute atomic E-state index is 11.1. The van der Waals surface area contributed by atoms with E-state index in [9.17, 15) is 9.36 Å². The molecule has 1 unspecified atom stereocenters. The molecule has 0 aliphatic carbocycles. The summed E-state index contributed by atoms with van der Waals surface area (Å²) < 4.78 is 15.7. The van der Waals surface area contributed by atoms with Crippen molar-refractivity contribution in [3.8, 4) is 0 Å². The molecule has 0 radical (unpaired) electrons. The number of amides is 1. The average Bonchev–Trinajstić information content (AvgIpc) is 2.24. The molecular weight excluding hydrogens is 229 g/mol. The molecule has 0 saturated heterocycles. The fourth-order valence-electron chi connectivity index (χ4n) is 0.985. The van der Waals surface area contributed by atoms with Crippen LogP contribution in [0, 0.1) is 0 Å². The van der Waals surface area contributed by atoms with Gasteiger partial charge in [-0.15, -0.1) is 0 Å². The molecule has 0 heterocycles. The van der Waals surface area contributed by atoms with Crippen molar-refractivity contribution in [1.82, 2.24) is 5.32 Å². The Bertz CT molecular complexity index is 387. The monoisotopic (exact) mass is 243 g/mol. The minimum atomic E-state index is -3.23. The second kappa shape index (κ2) is 5.68. The van der Waals surface area contributed by atoms with Gasteiger partial charge in [0.05, 0.1) is 6.29 Å². The van der Waals surface area contributed by atoms with Crippen LogP contribution in [0.2, 0.25) is 0 Å². The number of rotatable bonds is 4. The Balaban J connectivity index is 2.29. The van der Waals surface area contributed by atoms with Crippen molar-refractivity contribution < 1.29 is 19.0 Å². The highest BCUT2D eigenvalue weighted by Crippen LogP contribution is 2.32. The summed E-state index contributed by atoms with van der Waals surface area (Å²) in [5.74, 6) is 0. The number of ether oxygens (including phenoxy) is 1. The van der Waals surface area contributed by atoms with Gasteiger partial charge in [0, 0.05) is 6.66 Å². The number of carbonyl (C=O) groups excluding carboxylic acids is 1. The number of nitrogens with one attached hydrogen (secondary N) is 1. The van der Waals surface area contributed by atoms with E-state index in [-0.39, 0.29) is 12.9 Å². The van der Waals surface area contributed by atoms with E-state index < -0.39 is 13.5 Å². The Morgan fingerprint density at radius 3 is 2.62 bits per heavy atom. The summed E-state index contributed by atoms with van der Waals surface area (Å²) in [5, 5.41) is 2.22. The Morgan fingerprint density at radius 2 is 2.06 bits per heavy atom. The van der Waals surface area contributed by atoms with Gasteiger partial charge >= 0.3 is 6.09 Å². The molecule has 0 aliphatic rings. The summed E-state index contributed by atoms with van der Waals surface area (Å²) in [5.41, 5.74) is 0.862. The SMILES string of the molecule is CP(=O)(O)CNC(=O)OCc1ccccc1. The highest BCUT2D eigenvalue weighted by atomic mass is 31.2. The van der Waals surface area contributed by atoms with Crippen LogP contribution in [-0.2, 0) is 15.9 Å². The number of alkyl carbamates (subject to hydrolysis) is 1. The third-order valence-corrected chi connectivity index (χ3v) is 2.47. The van der Waals surface area contributed by atoms with Crippen molar-refractivity contribution in [2.24, 2.45) is 0 Å². The Kier molecular flexibility index (Phi) is 4.52. The summed E-state index contributed by atoms with van der Waals surface area (Å²) in [6, 6.07) is 9.19. The third-order valence-electron chi connectivity index (χ3n) is 1.73. The number of hydrogen-bond acceptors (Lipinski definition) is 3. The molecule has 1 amide bonds. The maximum Gasteiger partial charge on any atom is 0.407 e. The van der Waals surface area contributed by atoms with Crippen LogP contribution < -0.4 is 5.32 Å². The standard InChI is InChI=1S/C10H14NO4P/c1-16(13,14)8-11-10(12)15-7-9-5-3-2-4-6-9/h2-6H,7-8H2,1H3,(H,11,12)(H,13,14). The van der Waals surface area contributed by atoms with Crippen LogP contribution >= 0.6 is 7.37 Å². The number of benzene rings is 1. The van der Waals surface area contributed by atoms with E-state index in [1.54, 1.807) is 0 Å². The first kappa shape index (κ1) is 12.7. The van der Waals surface area contributed by atoms with Crippen molar-refractivity contribution >= 4 is 13.5 Å². The van der Waals surface area contributed by atoms with Crippen molar-refractivity contribution in [2.75, 3.05) is 13.0 Å². The first-order chi connectivity index (χ1) is 7.47. The second-order valence-corrected chi connectivity index (χ2v) is 5.87. The molecule has 2 N–H and O–H groups in total. The Hall–Kier alpha value is -1.32. The highest BCUT2D eigenvalue weighted by Gasteiger charge is 2.11. The number of hydrogen-bond donors (Lipinski definition) is 2. The summed E-state index contributed by atoms with van der Waals surface area (Å²) in [6.07, 6.45) is -0.972. The lowest BCUT2D eigenvalue weighted by atomic mass is 10.2. The predicted molar refractivity (Wildman–Crippen MR) is 60.4 cm³/mol. The van der Waals surface area contributed by atoms with E-state index >= 15 is 0 Å². The first-order valence-electron chi connectivity index (χ1n) is 4.71. The molecule has 0 saturated carbocycles. The minimum absolute atomic E-state index is 0.145. The van der Waals surface area contributed by atoms with Gasteiger partial charge in [-0.25, -0.2) is 4.79 Å². The van der Waals surface area contributed by atoms with Gasteiger partial charge in [-0.2, -0.15) is 0 Å². The van der Waals surface area contributed by atoms with Crippen LogP contribution in [0.5, 0.6) is 0 Å². The molecule has 5 nitrogen and oxygen atoms in total. The van der Waals surface area contributed by atoms with Crippen molar-refractivity contribution in [2.45, 2.75) is 6.61 Å². The van der Waals surface area contributed by atoms with Gasteiger partial charge in [0.2, 0.25) is 7.37 Å². The van der Waals surface area contributed by atoms with Gasteiger partial charge in [-0.1, -0.05) is 30.3 Å². The summed E-state index contributed by atoms with van der Waals surface area (Å²) in [7, 11) is -3.23. The first-order valence-corrected chi connectivity index (χ1v) is 7.00. The van der Waals surface area contributed by atoms with Crippen LogP contribution in [0.3, 0.4) is 0 Å². The zero-order valence-electron chi connectivity index (χ0n) is 8.92. The lowest BCUT2D eigenvalue weighted by Gasteiger charge is -2.08. The molecule has 0 bridgehead atoms. The van der Waals surface area contributed by atoms with Crippen molar-refractivity contribution in [3.63, 3.8) is 0 Å². The zero-order valence-corrected chi connectivity index (χ0v) is 9.81. The van der Waals surface area contributed by atoms with Crippen molar-refractivity contribution in [1.29, 1.82) is 0 Å². The molecule has 1 atom stereocenters. The largest absolute Gasteiger partial charge is 0.445 e. The highest BCUT2D eigenvalue weighted by molar-refractivity contribution is 7.57. The van der Waals surface area contributed by atoms with Crippen LogP contribution in [0.4, 0.5) is 4.79 Å². The Labute approximate surface area is 93.9 Å². The van der Waals surface area contributed by atoms with E-state index in [0.29, 0.717) is 0 Å². The average molecular weight is 243 g/mol. The molecule has 1 aromatic rings. The minimum Gasteiger partial charge on any atom is -0.445 e. The fraction of sp³-hybridized carbons (Fsp3) is 0.300. The quantitative estimate of drug-likeness (QED) is 0.790. The predicted octanol–water partition coefficient (Wildman–Crippen LogP) is 1.77. The number of carbonyl (C=O) groups is 1.